The number of hydrogen-bond acceptors (Lipinski definition) is 2. The normalized spacial score (nSPS) is 20.7. The summed E-state index contributed by atoms with van der Waals surface area (Å²) in [7, 11) is 0. The van der Waals surface area contributed by atoms with Gasteiger partial charge in [0, 0.05) is 29.0 Å². The molecule has 0 radical (unpaired) electrons. The Morgan fingerprint density at radius 2 is 1.90 bits per heavy atom. The summed E-state index contributed by atoms with van der Waals surface area (Å²) < 4.78 is 14.1. The first-order valence-corrected chi connectivity index (χ1v) is 10.0. The van der Waals surface area contributed by atoms with Crippen LogP contribution in [0.5, 0.6) is 0 Å². The lowest BCUT2D eigenvalue weighted by Crippen LogP contribution is -2.31. The van der Waals surface area contributed by atoms with E-state index in [1.165, 1.54) is 6.07 Å². The molecule has 5 rings (SSSR count). The molecule has 0 spiro atoms. The lowest BCUT2D eigenvalue weighted by atomic mass is 9.68. The molecule has 4 nitrogen and oxygen atoms in total. The number of allylic oxidation sites excluding steroid dienone is 1. The molecule has 1 atom stereocenters. The van der Waals surface area contributed by atoms with Crippen LogP contribution in [0.3, 0.4) is 0 Å². The highest BCUT2D eigenvalue weighted by molar-refractivity contribution is 5.94. The van der Waals surface area contributed by atoms with Crippen molar-refractivity contribution in [3.05, 3.63) is 88.9 Å². The number of fused-ring (bicyclic) bond motifs is 1. The highest BCUT2D eigenvalue weighted by atomic mass is 19.1. The van der Waals surface area contributed by atoms with Crippen molar-refractivity contribution < 1.29 is 9.18 Å². The van der Waals surface area contributed by atoms with Crippen LogP contribution < -0.4 is 5.32 Å². The fraction of sp³-hybridized carbons (Fsp3) is 0.250. The molecule has 1 heterocycles. The standard InChI is InChI=1S/C24H22FN3O/c25-19-11-5-10-18(14-19)24(17-8-2-1-3-9-17)13-12-20-21(15-24)27-28-22(20)26-23(29)16-6-4-7-16/h1-3,5,8-14,16H,4,6-7,15H2,(H2,26,27,28,29). The van der Waals surface area contributed by atoms with Gasteiger partial charge in [-0.2, -0.15) is 5.10 Å². The Bertz CT molecular complexity index is 1080. The van der Waals surface area contributed by atoms with E-state index in [1.807, 2.05) is 30.3 Å². The molecule has 146 valence electrons. The van der Waals surface area contributed by atoms with Gasteiger partial charge < -0.3 is 5.32 Å². The summed E-state index contributed by atoms with van der Waals surface area (Å²) in [6.45, 7) is 0. The number of nitrogens with zero attached hydrogens (tertiary/aromatic N) is 1. The zero-order valence-electron chi connectivity index (χ0n) is 16.0. The number of carbonyl (C=O) groups is 1. The lowest BCUT2D eigenvalue weighted by Gasteiger charge is -2.34. The average Bonchev–Trinajstić information content (AvgIpc) is 3.09. The minimum Gasteiger partial charge on any atom is -0.308 e. The van der Waals surface area contributed by atoms with Crippen LogP contribution in [0.1, 0.15) is 41.6 Å². The SMILES string of the molecule is O=C(Nc1n[nH]c2c1C=CC(c1ccccc1)(c1cccc(F)c1)C2)C1CCC1. The minimum atomic E-state index is -0.502. The van der Waals surface area contributed by atoms with Gasteiger partial charge in [-0.1, -0.05) is 61.0 Å². The Morgan fingerprint density at radius 1 is 1.10 bits per heavy atom. The summed E-state index contributed by atoms with van der Waals surface area (Å²) in [5.74, 6) is 0.471. The molecule has 2 aromatic carbocycles. The molecule has 1 saturated carbocycles. The molecule has 3 aromatic rings. The number of hydrogen-bond donors (Lipinski definition) is 2. The van der Waals surface area contributed by atoms with Gasteiger partial charge >= 0.3 is 0 Å². The number of nitrogens with one attached hydrogen (secondary N) is 2. The number of halogens is 1. The molecular weight excluding hydrogens is 365 g/mol. The molecular formula is C24H22FN3O. The van der Waals surface area contributed by atoms with Gasteiger partial charge in [0.1, 0.15) is 5.82 Å². The van der Waals surface area contributed by atoms with Crippen LogP contribution in [0.25, 0.3) is 6.08 Å². The van der Waals surface area contributed by atoms with Crippen LogP contribution in [0.15, 0.2) is 60.7 Å². The van der Waals surface area contributed by atoms with Gasteiger partial charge in [-0.05, 0) is 36.1 Å². The maximum Gasteiger partial charge on any atom is 0.228 e. The molecule has 2 aliphatic rings. The summed E-state index contributed by atoms with van der Waals surface area (Å²) in [5.41, 5.74) is 3.31. The number of rotatable bonds is 4. The predicted molar refractivity (Wildman–Crippen MR) is 111 cm³/mol. The van der Waals surface area contributed by atoms with E-state index in [0.717, 1.165) is 41.6 Å². The Kier molecular flexibility index (Phi) is 4.31. The van der Waals surface area contributed by atoms with E-state index in [0.29, 0.717) is 12.2 Å². The van der Waals surface area contributed by atoms with Gasteiger partial charge in [0.25, 0.3) is 0 Å². The highest BCUT2D eigenvalue weighted by Gasteiger charge is 2.37. The number of aromatic nitrogens is 2. The molecule has 2 aliphatic carbocycles. The van der Waals surface area contributed by atoms with Crippen LogP contribution in [0, 0.1) is 11.7 Å². The van der Waals surface area contributed by atoms with Crippen molar-refractivity contribution in [1.29, 1.82) is 0 Å². The fourth-order valence-electron chi connectivity index (χ4n) is 4.31. The molecule has 2 N–H and O–H groups in total. The van der Waals surface area contributed by atoms with Crippen LogP contribution in [-0.2, 0) is 16.6 Å². The smallest absolute Gasteiger partial charge is 0.228 e. The molecule has 0 saturated heterocycles. The number of anilines is 1. The number of benzene rings is 2. The third-order valence-electron chi connectivity index (χ3n) is 6.22. The second-order valence-electron chi connectivity index (χ2n) is 7.94. The van der Waals surface area contributed by atoms with Gasteiger partial charge in [-0.3, -0.25) is 9.89 Å². The third kappa shape index (κ3) is 3.07. The molecule has 29 heavy (non-hydrogen) atoms. The van der Waals surface area contributed by atoms with E-state index in [1.54, 1.807) is 12.1 Å². The summed E-state index contributed by atoms with van der Waals surface area (Å²) in [4.78, 5) is 12.4. The van der Waals surface area contributed by atoms with Gasteiger partial charge in [-0.15, -0.1) is 0 Å². The number of amides is 1. The Labute approximate surface area is 168 Å². The van der Waals surface area contributed by atoms with Crippen molar-refractivity contribution in [2.24, 2.45) is 5.92 Å². The lowest BCUT2D eigenvalue weighted by molar-refractivity contribution is -0.122. The second-order valence-corrected chi connectivity index (χ2v) is 7.94. The molecule has 0 aliphatic heterocycles. The highest BCUT2D eigenvalue weighted by Crippen LogP contribution is 2.42. The topological polar surface area (TPSA) is 57.8 Å². The van der Waals surface area contributed by atoms with E-state index in [4.69, 9.17) is 0 Å². The Hall–Kier alpha value is -3.21. The first-order valence-electron chi connectivity index (χ1n) is 10.0. The minimum absolute atomic E-state index is 0.0453. The largest absolute Gasteiger partial charge is 0.308 e. The Balaban J connectivity index is 1.54. The van der Waals surface area contributed by atoms with Gasteiger partial charge in [0.15, 0.2) is 5.82 Å². The van der Waals surface area contributed by atoms with Gasteiger partial charge in [0.2, 0.25) is 5.91 Å². The van der Waals surface area contributed by atoms with Crippen LogP contribution in [0.2, 0.25) is 0 Å². The van der Waals surface area contributed by atoms with Gasteiger partial charge in [0.05, 0.1) is 0 Å². The van der Waals surface area contributed by atoms with Crippen LogP contribution in [-0.4, -0.2) is 16.1 Å². The first-order chi connectivity index (χ1) is 14.2. The van der Waals surface area contributed by atoms with Crippen LogP contribution in [0.4, 0.5) is 10.2 Å². The zero-order chi connectivity index (χ0) is 19.8. The molecule has 0 bridgehead atoms. The molecule has 1 unspecified atom stereocenters. The van der Waals surface area contributed by atoms with Crippen molar-refractivity contribution in [1.82, 2.24) is 10.2 Å². The maximum absolute atomic E-state index is 14.1. The van der Waals surface area contributed by atoms with Crippen molar-refractivity contribution in [3.8, 4) is 0 Å². The van der Waals surface area contributed by atoms with Crippen molar-refractivity contribution in [2.75, 3.05) is 5.32 Å². The Morgan fingerprint density at radius 3 is 2.62 bits per heavy atom. The molecule has 5 heteroatoms. The van der Waals surface area contributed by atoms with Crippen molar-refractivity contribution in [3.63, 3.8) is 0 Å². The zero-order valence-corrected chi connectivity index (χ0v) is 16.0. The predicted octanol–water partition coefficient (Wildman–Crippen LogP) is 4.84. The fourth-order valence-corrected chi connectivity index (χ4v) is 4.31. The maximum atomic E-state index is 14.1. The third-order valence-corrected chi connectivity index (χ3v) is 6.22. The van der Waals surface area contributed by atoms with E-state index in [-0.39, 0.29) is 17.6 Å². The van der Waals surface area contributed by atoms with Crippen LogP contribution >= 0.6 is 0 Å². The summed E-state index contributed by atoms with van der Waals surface area (Å²) in [6, 6.07) is 16.9. The second kappa shape index (κ2) is 6.99. The first kappa shape index (κ1) is 17.9. The molecule has 1 fully saturated rings. The van der Waals surface area contributed by atoms with E-state index >= 15 is 0 Å². The molecule has 1 aromatic heterocycles. The average molecular weight is 387 g/mol. The molecule has 1 amide bonds. The van der Waals surface area contributed by atoms with E-state index in [2.05, 4.69) is 33.7 Å². The summed E-state index contributed by atoms with van der Waals surface area (Å²) >= 11 is 0. The van der Waals surface area contributed by atoms with Crippen molar-refractivity contribution in [2.45, 2.75) is 31.1 Å². The number of carbonyl (C=O) groups excluding carboxylic acids is 1. The number of aromatic amines is 1. The van der Waals surface area contributed by atoms with E-state index in [9.17, 15) is 9.18 Å². The number of H-pyrrole nitrogens is 1. The summed E-state index contributed by atoms with van der Waals surface area (Å²) in [6.07, 6.45) is 7.73. The summed E-state index contributed by atoms with van der Waals surface area (Å²) in [5, 5.41) is 10.4. The van der Waals surface area contributed by atoms with E-state index < -0.39 is 5.41 Å². The monoisotopic (exact) mass is 387 g/mol. The van der Waals surface area contributed by atoms with Gasteiger partial charge in [-0.25, -0.2) is 4.39 Å². The van der Waals surface area contributed by atoms with Crippen molar-refractivity contribution >= 4 is 17.8 Å². The quantitative estimate of drug-likeness (QED) is 0.673.